The molecule has 0 unspecified atom stereocenters. The van der Waals surface area contributed by atoms with Gasteiger partial charge >= 0.3 is 0 Å². The number of aromatic nitrogens is 2. The van der Waals surface area contributed by atoms with Crippen molar-refractivity contribution >= 4 is 11.6 Å². The Balaban J connectivity index is 1.37. The zero-order valence-electron chi connectivity index (χ0n) is 15.5. The number of hydrogen-bond donors (Lipinski definition) is 1. The lowest BCUT2D eigenvalue weighted by Gasteiger charge is -2.09. The summed E-state index contributed by atoms with van der Waals surface area (Å²) in [5.41, 5.74) is 1.01. The number of nitrogens with zero attached hydrogens (tertiary/aromatic N) is 2. The van der Waals surface area contributed by atoms with Crippen LogP contribution in [0.5, 0.6) is 5.75 Å². The number of ether oxygens (including phenoxy) is 1. The molecule has 0 aliphatic rings. The van der Waals surface area contributed by atoms with Crippen LogP contribution in [0.15, 0.2) is 77.3 Å². The minimum atomic E-state index is -0.859. The van der Waals surface area contributed by atoms with Crippen LogP contribution in [0.1, 0.15) is 0 Å². The molecular formula is C22H15F2N3O3. The van der Waals surface area contributed by atoms with E-state index < -0.39 is 29.8 Å². The molecule has 0 aliphatic heterocycles. The first kappa shape index (κ1) is 19.3. The van der Waals surface area contributed by atoms with Crippen LogP contribution in [0.25, 0.3) is 22.8 Å². The molecule has 6 nitrogen and oxygen atoms in total. The molecule has 0 fully saturated rings. The Labute approximate surface area is 170 Å². The van der Waals surface area contributed by atoms with Gasteiger partial charge in [0, 0.05) is 11.1 Å². The van der Waals surface area contributed by atoms with Crippen molar-refractivity contribution in [2.45, 2.75) is 0 Å². The van der Waals surface area contributed by atoms with Crippen molar-refractivity contribution in [3.63, 3.8) is 0 Å². The van der Waals surface area contributed by atoms with E-state index in [0.717, 1.165) is 17.7 Å². The third-order valence-electron chi connectivity index (χ3n) is 4.16. The zero-order chi connectivity index (χ0) is 20.9. The van der Waals surface area contributed by atoms with Gasteiger partial charge in [0.15, 0.2) is 6.61 Å². The predicted octanol–water partition coefficient (Wildman–Crippen LogP) is 4.70. The number of carbonyl (C=O) groups is 1. The van der Waals surface area contributed by atoms with Gasteiger partial charge < -0.3 is 14.6 Å². The topological polar surface area (TPSA) is 77.2 Å². The van der Waals surface area contributed by atoms with Gasteiger partial charge in [-0.3, -0.25) is 4.79 Å². The van der Waals surface area contributed by atoms with E-state index in [-0.39, 0.29) is 0 Å². The lowest BCUT2D eigenvalue weighted by atomic mass is 10.2. The Morgan fingerprint density at radius 2 is 1.60 bits per heavy atom. The molecule has 0 saturated carbocycles. The Morgan fingerprint density at radius 3 is 2.30 bits per heavy atom. The van der Waals surface area contributed by atoms with Gasteiger partial charge in [-0.2, -0.15) is 4.98 Å². The Morgan fingerprint density at radius 1 is 0.900 bits per heavy atom. The standard InChI is InChI=1S/C22H15F2N3O3/c23-17-7-4-8-18(24)20(17)25-19(28)13-29-16-11-9-15(10-12-16)22-26-21(27-30-22)14-5-2-1-3-6-14/h1-12H,13H2,(H,25,28). The van der Waals surface area contributed by atoms with E-state index in [1.165, 1.54) is 6.07 Å². The van der Waals surface area contributed by atoms with E-state index in [2.05, 4.69) is 15.5 Å². The van der Waals surface area contributed by atoms with Gasteiger partial charge in [0.25, 0.3) is 11.8 Å². The van der Waals surface area contributed by atoms with Crippen molar-refractivity contribution in [1.29, 1.82) is 0 Å². The molecule has 0 atom stereocenters. The van der Waals surface area contributed by atoms with E-state index in [4.69, 9.17) is 9.26 Å². The maximum Gasteiger partial charge on any atom is 0.262 e. The number of amides is 1. The summed E-state index contributed by atoms with van der Waals surface area (Å²) in [7, 11) is 0. The minimum Gasteiger partial charge on any atom is -0.484 e. The van der Waals surface area contributed by atoms with Gasteiger partial charge in [-0.05, 0) is 36.4 Å². The predicted molar refractivity (Wildman–Crippen MR) is 106 cm³/mol. The monoisotopic (exact) mass is 407 g/mol. The fraction of sp³-hybridized carbons (Fsp3) is 0.0455. The summed E-state index contributed by atoms with van der Waals surface area (Å²) in [6, 6.07) is 19.4. The van der Waals surface area contributed by atoms with Crippen LogP contribution in [0.4, 0.5) is 14.5 Å². The molecule has 30 heavy (non-hydrogen) atoms. The number of para-hydroxylation sites is 1. The van der Waals surface area contributed by atoms with Crippen molar-refractivity contribution in [3.8, 4) is 28.6 Å². The van der Waals surface area contributed by atoms with E-state index in [1.807, 2.05) is 30.3 Å². The Kier molecular flexibility index (Phi) is 5.47. The number of carbonyl (C=O) groups excluding carboxylic acids is 1. The molecule has 0 aliphatic carbocycles. The summed E-state index contributed by atoms with van der Waals surface area (Å²) in [4.78, 5) is 16.3. The molecule has 1 amide bonds. The molecule has 150 valence electrons. The highest BCUT2D eigenvalue weighted by molar-refractivity contribution is 5.92. The van der Waals surface area contributed by atoms with Gasteiger partial charge in [0.1, 0.15) is 23.1 Å². The van der Waals surface area contributed by atoms with E-state index in [9.17, 15) is 13.6 Å². The molecular weight excluding hydrogens is 392 g/mol. The normalized spacial score (nSPS) is 10.6. The molecule has 4 aromatic rings. The van der Waals surface area contributed by atoms with Crippen molar-refractivity contribution in [2.75, 3.05) is 11.9 Å². The highest BCUT2D eigenvalue weighted by Crippen LogP contribution is 2.24. The van der Waals surface area contributed by atoms with Gasteiger partial charge in [-0.25, -0.2) is 8.78 Å². The summed E-state index contributed by atoms with van der Waals surface area (Å²) >= 11 is 0. The van der Waals surface area contributed by atoms with E-state index >= 15 is 0 Å². The van der Waals surface area contributed by atoms with Crippen LogP contribution in [-0.4, -0.2) is 22.7 Å². The van der Waals surface area contributed by atoms with Crippen LogP contribution < -0.4 is 10.1 Å². The van der Waals surface area contributed by atoms with Crippen molar-refractivity contribution in [2.24, 2.45) is 0 Å². The van der Waals surface area contributed by atoms with Crippen LogP contribution in [0.2, 0.25) is 0 Å². The van der Waals surface area contributed by atoms with Crippen LogP contribution >= 0.6 is 0 Å². The van der Waals surface area contributed by atoms with Crippen LogP contribution in [-0.2, 0) is 4.79 Å². The number of nitrogens with one attached hydrogen (secondary N) is 1. The molecule has 3 aromatic carbocycles. The van der Waals surface area contributed by atoms with Gasteiger partial charge in [0.05, 0.1) is 0 Å². The second-order valence-corrected chi connectivity index (χ2v) is 6.25. The third kappa shape index (κ3) is 4.33. The average Bonchev–Trinajstić information content (AvgIpc) is 3.26. The number of anilines is 1. The molecule has 1 N–H and O–H groups in total. The molecule has 8 heteroatoms. The summed E-state index contributed by atoms with van der Waals surface area (Å²) in [5, 5.41) is 6.12. The molecule has 1 aromatic heterocycles. The Bertz CT molecular complexity index is 1140. The Hall–Kier alpha value is -4.07. The lowest BCUT2D eigenvalue weighted by Crippen LogP contribution is -2.21. The molecule has 1 heterocycles. The highest BCUT2D eigenvalue weighted by atomic mass is 19.1. The summed E-state index contributed by atoms with van der Waals surface area (Å²) in [5.74, 6) is -1.20. The van der Waals surface area contributed by atoms with Gasteiger partial charge in [0.2, 0.25) is 5.82 Å². The first-order valence-corrected chi connectivity index (χ1v) is 8.96. The maximum absolute atomic E-state index is 13.6. The molecule has 0 spiro atoms. The van der Waals surface area contributed by atoms with Crippen LogP contribution in [0.3, 0.4) is 0 Å². The van der Waals surface area contributed by atoms with Crippen molar-refractivity contribution in [1.82, 2.24) is 10.1 Å². The fourth-order valence-corrected chi connectivity index (χ4v) is 2.68. The zero-order valence-corrected chi connectivity index (χ0v) is 15.5. The van der Waals surface area contributed by atoms with E-state index in [0.29, 0.717) is 23.0 Å². The van der Waals surface area contributed by atoms with Crippen LogP contribution in [0, 0.1) is 11.6 Å². The molecule has 4 rings (SSSR count). The first-order chi connectivity index (χ1) is 14.6. The average molecular weight is 407 g/mol. The summed E-state index contributed by atoms with van der Waals surface area (Å²) < 4.78 is 37.8. The molecule has 0 radical (unpaired) electrons. The highest BCUT2D eigenvalue weighted by Gasteiger charge is 2.13. The first-order valence-electron chi connectivity index (χ1n) is 8.96. The van der Waals surface area contributed by atoms with E-state index in [1.54, 1.807) is 24.3 Å². The number of halogens is 2. The largest absolute Gasteiger partial charge is 0.484 e. The summed E-state index contributed by atoms with van der Waals surface area (Å²) in [6.07, 6.45) is 0. The fourth-order valence-electron chi connectivity index (χ4n) is 2.68. The number of benzene rings is 3. The number of hydrogen-bond acceptors (Lipinski definition) is 5. The maximum atomic E-state index is 13.6. The SMILES string of the molecule is O=C(COc1ccc(-c2nc(-c3ccccc3)no2)cc1)Nc1c(F)cccc1F. The lowest BCUT2D eigenvalue weighted by molar-refractivity contribution is -0.118. The number of rotatable bonds is 6. The molecule has 0 saturated heterocycles. The molecule has 0 bridgehead atoms. The van der Waals surface area contributed by atoms with Gasteiger partial charge in [-0.1, -0.05) is 41.6 Å². The van der Waals surface area contributed by atoms with Crippen molar-refractivity contribution in [3.05, 3.63) is 84.4 Å². The third-order valence-corrected chi connectivity index (χ3v) is 4.16. The van der Waals surface area contributed by atoms with Gasteiger partial charge in [-0.15, -0.1) is 0 Å². The quantitative estimate of drug-likeness (QED) is 0.501. The second kappa shape index (κ2) is 8.52. The summed E-state index contributed by atoms with van der Waals surface area (Å²) in [6.45, 7) is -0.411. The minimum absolute atomic E-state index is 0.341. The smallest absolute Gasteiger partial charge is 0.262 e. The second-order valence-electron chi connectivity index (χ2n) is 6.25. The van der Waals surface area contributed by atoms with Crippen molar-refractivity contribution < 1.29 is 22.8 Å².